The van der Waals surface area contributed by atoms with Gasteiger partial charge in [-0.2, -0.15) is 0 Å². The maximum atomic E-state index is 9.81. The largest absolute Gasteiger partial charge is 0.631 e. The van der Waals surface area contributed by atoms with Crippen LogP contribution in [0.3, 0.4) is 0 Å². The van der Waals surface area contributed by atoms with Crippen LogP contribution in [0.5, 0.6) is 0 Å². The van der Waals surface area contributed by atoms with E-state index in [0.717, 1.165) is 5.57 Å². The van der Waals surface area contributed by atoms with Crippen LogP contribution < -0.4 is 0 Å². The highest BCUT2D eigenvalue weighted by molar-refractivity contribution is 6.30. The molecule has 0 spiro atoms. The fraction of sp³-hybridized carbons (Fsp3) is 0.800. The molecule has 0 saturated carbocycles. The first-order valence-electron chi connectivity index (χ1n) is 5.02. The molecule has 0 bridgehead atoms. The molecule has 5 nitrogen and oxygen atoms in total. The van der Waals surface area contributed by atoms with E-state index in [4.69, 9.17) is 15.1 Å². The van der Waals surface area contributed by atoms with Crippen molar-refractivity contribution in [1.82, 2.24) is 0 Å². The molecule has 0 aliphatic heterocycles. The van der Waals surface area contributed by atoms with E-state index in [0.29, 0.717) is 6.42 Å². The number of hydrogen-bond acceptors (Lipinski definition) is 5. The molecule has 1 atom stereocenters. The molecule has 6 heteroatoms. The SMILES string of the molecule is CC(C)=CCC(C)(O)C(C)(C)O.OB(O)O. The summed E-state index contributed by atoms with van der Waals surface area (Å²) >= 11 is 0. The van der Waals surface area contributed by atoms with Crippen LogP contribution in [-0.4, -0.2) is 43.8 Å². The van der Waals surface area contributed by atoms with E-state index >= 15 is 0 Å². The average molecular weight is 234 g/mol. The van der Waals surface area contributed by atoms with Crippen LogP contribution in [0.2, 0.25) is 0 Å². The van der Waals surface area contributed by atoms with E-state index in [9.17, 15) is 10.2 Å². The van der Waals surface area contributed by atoms with Crippen LogP contribution in [0.15, 0.2) is 11.6 Å². The lowest BCUT2D eigenvalue weighted by Gasteiger charge is -2.34. The summed E-state index contributed by atoms with van der Waals surface area (Å²) in [5.74, 6) is 0. The first kappa shape index (κ1) is 18.0. The van der Waals surface area contributed by atoms with Gasteiger partial charge in [0.05, 0.1) is 11.2 Å². The lowest BCUT2D eigenvalue weighted by molar-refractivity contribution is -0.117. The standard InChI is InChI=1S/C10H20O2.BH3O3/c1-8(2)6-7-10(5,12)9(3,4)11;2-1(3)4/h6,11-12H,7H2,1-5H3;2-4H. The van der Waals surface area contributed by atoms with Crippen molar-refractivity contribution in [2.24, 2.45) is 0 Å². The zero-order chi connectivity index (χ0) is 13.6. The molecule has 0 amide bonds. The number of aliphatic hydroxyl groups is 2. The van der Waals surface area contributed by atoms with Crippen molar-refractivity contribution < 1.29 is 25.3 Å². The van der Waals surface area contributed by atoms with Gasteiger partial charge in [-0.1, -0.05) is 11.6 Å². The lowest BCUT2D eigenvalue weighted by atomic mass is 9.84. The topological polar surface area (TPSA) is 101 Å². The summed E-state index contributed by atoms with van der Waals surface area (Å²) in [6.45, 7) is 8.82. The third-order valence-corrected chi connectivity index (χ3v) is 2.23. The summed E-state index contributed by atoms with van der Waals surface area (Å²) in [5, 5.41) is 40.9. The highest BCUT2D eigenvalue weighted by atomic mass is 16.5. The Hall–Kier alpha value is -0.395. The average Bonchev–Trinajstić information content (AvgIpc) is 1.97. The molecule has 5 N–H and O–H groups in total. The molecule has 16 heavy (non-hydrogen) atoms. The summed E-state index contributed by atoms with van der Waals surface area (Å²) < 4.78 is 0. The molecule has 0 heterocycles. The summed E-state index contributed by atoms with van der Waals surface area (Å²) in [4.78, 5) is 0. The number of allylic oxidation sites excluding steroid dienone is 1. The minimum Gasteiger partial charge on any atom is -0.402 e. The van der Waals surface area contributed by atoms with Gasteiger partial charge in [0.25, 0.3) is 0 Å². The minimum absolute atomic E-state index is 0.485. The lowest BCUT2D eigenvalue weighted by Crippen LogP contribution is -2.47. The highest BCUT2D eigenvalue weighted by Crippen LogP contribution is 2.25. The van der Waals surface area contributed by atoms with Crippen molar-refractivity contribution in [2.45, 2.75) is 52.2 Å². The molecular formula is C10H23BO5. The first-order chi connectivity index (χ1) is 6.90. The molecule has 0 saturated heterocycles. The van der Waals surface area contributed by atoms with Gasteiger partial charge in [0.2, 0.25) is 0 Å². The van der Waals surface area contributed by atoms with Gasteiger partial charge < -0.3 is 25.3 Å². The molecule has 0 aliphatic rings. The van der Waals surface area contributed by atoms with Crippen LogP contribution in [0.1, 0.15) is 41.0 Å². The van der Waals surface area contributed by atoms with Crippen molar-refractivity contribution in [3.8, 4) is 0 Å². The van der Waals surface area contributed by atoms with Crippen molar-refractivity contribution in [3.63, 3.8) is 0 Å². The van der Waals surface area contributed by atoms with Crippen molar-refractivity contribution >= 4 is 7.32 Å². The van der Waals surface area contributed by atoms with Gasteiger partial charge in [-0.05, 0) is 41.0 Å². The van der Waals surface area contributed by atoms with Crippen molar-refractivity contribution in [1.29, 1.82) is 0 Å². The normalized spacial score (nSPS) is 14.4. The van der Waals surface area contributed by atoms with Crippen molar-refractivity contribution in [3.05, 3.63) is 11.6 Å². The Morgan fingerprint density at radius 2 is 1.38 bits per heavy atom. The van der Waals surface area contributed by atoms with E-state index in [1.54, 1.807) is 20.8 Å². The van der Waals surface area contributed by atoms with Gasteiger partial charge in [-0.25, -0.2) is 0 Å². The van der Waals surface area contributed by atoms with E-state index in [1.165, 1.54) is 0 Å². The molecule has 0 aromatic heterocycles. The predicted molar refractivity (Wildman–Crippen MR) is 63.4 cm³/mol. The van der Waals surface area contributed by atoms with E-state index in [1.807, 2.05) is 19.9 Å². The maximum absolute atomic E-state index is 9.81. The zero-order valence-electron chi connectivity index (χ0n) is 10.6. The fourth-order valence-electron chi connectivity index (χ4n) is 0.653. The van der Waals surface area contributed by atoms with Crippen LogP contribution in [0.4, 0.5) is 0 Å². The van der Waals surface area contributed by atoms with Crippen LogP contribution >= 0.6 is 0 Å². The second-order valence-corrected chi connectivity index (χ2v) is 4.66. The van der Waals surface area contributed by atoms with Gasteiger partial charge in [-0.15, -0.1) is 0 Å². The first-order valence-corrected chi connectivity index (χ1v) is 5.02. The smallest absolute Gasteiger partial charge is 0.402 e. The Kier molecular flexibility index (Phi) is 7.91. The predicted octanol–water partition coefficient (Wildman–Crippen LogP) is -0.187. The third kappa shape index (κ3) is 10.1. The molecule has 0 aromatic carbocycles. The second-order valence-electron chi connectivity index (χ2n) is 4.66. The quantitative estimate of drug-likeness (QED) is 0.344. The van der Waals surface area contributed by atoms with Gasteiger partial charge in [0.15, 0.2) is 0 Å². The van der Waals surface area contributed by atoms with Gasteiger partial charge in [0, 0.05) is 0 Å². The molecule has 0 fully saturated rings. The molecule has 96 valence electrons. The summed E-state index contributed by atoms with van der Waals surface area (Å²) in [6.07, 6.45) is 2.41. The van der Waals surface area contributed by atoms with Gasteiger partial charge in [-0.3, -0.25) is 0 Å². The summed E-state index contributed by atoms with van der Waals surface area (Å²) in [7, 11) is -2.17. The van der Waals surface area contributed by atoms with E-state index in [-0.39, 0.29) is 0 Å². The van der Waals surface area contributed by atoms with E-state index < -0.39 is 18.5 Å². The fourth-order valence-corrected chi connectivity index (χ4v) is 0.653. The molecule has 0 aliphatic carbocycles. The minimum atomic E-state index is -2.17. The van der Waals surface area contributed by atoms with Crippen LogP contribution in [0, 0.1) is 0 Å². The molecule has 1 unspecified atom stereocenters. The molecular weight excluding hydrogens is 211 g/mol. The Morgan fingerprint density at radius 3 is 1.56 bits per heavy atom. The van der Waals surface area contributed by atoms with Gasteiger partial charge in [0.1, 0.15) is 0 Å². The van der Waals surface area contributed by atoms with Crippen LogP contribution in [-0.2, 0) is 0 Å². The van der Waals surface area contributed by atoms with Crippen LogP contribution in [0.25, 0.3) is 0 Å². The Balaban J connectivity index is 0. The highest BCUT2D eigenvalue weighted by Gasteiger charge is 2.36. The summed E-state index contributed by atoms with van der Waals surface area (Å²) in [5.41, 5.74) is -0.956. The number of rotatable bonds is 3. The van der Waals surface area contributed by atoms with E-state index in [2.05, 4.69) is 0 Å². The maximum Gasteiger partial charge on any atom is 0.631 e. The molecule has 0 aromatic rings. The van der Waals surface area contributed by atoms with Gasteiger partial charge >= 0.3 is 7.32 Å². The molecule has 0 rings (SSSR count). The third-order valence-electron chi connectivity index (χ3n) is 2.23. The Morgan fingerprint density at radius 1 is 1.06 bits per heavy atom. The monoisotopic (exact) mass is 234 g/mol. The second kappa shape index (κ2) is 7.03. The Labute approximate surface area is 97.2 Å². The molecule has 0 radical (unpaired) electrons. The van der Waals surface area contributed by atoms with Crippen molar-refractivity contribution in [2.75, 3.05) is 0 Å². The zero-order valence-corrected chi connectivity index (χ0v) is 10.6. The summed E-state index contributed by atoms with van der Waals surface area (Å²) in [6, 6.07) is 0. The Bertz CT molecular complexity index is 211. The number of hydrogen-bond donors (Lipinski definition) is 5.